The average Bonchev–Trinajstić information content (AvgIpc) is 3.20. The van der Waals surface area contributed by atoms with Gasteiger partial charge in [-0.25, -0.2) is 0 Å². The first-order valence-corrected chi connectivity index (χ1v) is 11.6. The molecule has 0 aromatic heterocycles. The number of hydrogen-bond acceptors (Lipinski definition) is 6. The van der Waals surface area contributed by atoms with Gasteiger partial charge in [0, 0.05) is 13.1 Å². The Morgan fingerprint density at radius 3 is 2.38 bits per heavy atom. The number of aromatic hydroxyl groups is 1. The third-order valence-corrected chi connectivity index (χ3v) is 6.23. The van der Waals surface area contributed by atoms with Gasteiger partial charge in [0.25, 0.3) is 0 Å². The summed E-state index contributed by atoms with van der Waals surface area (Å²) < 4.78 is 0. The van der Waals surface area contributed by atoms with Crippen LogP contribution in [0.4, 0.5) is 0 Å². The highest BCUT2D eigenvalue weighted by molar-refractivity contribution is 7.81. The van der Waals surface area contributed by atoms with E-state index in [2.05, 4.69) is 28.6 Å². The van der Waals surface area contributed by atoms with E-state index in [1.807, 2.05) is 0 Å². The molecule has 10 heteroatoms. The van der Waals surface area contributed by atoms with Crippen LogP contribution in [0.25, 0.3) is 0 Å². The summed E-state index contributed by atoms with van der Waals surface area (Å²) in [6.07, 6.45) is 3.79. The molecule has 2 fully saturated rings. The van der Waals surface area contributed by atoms with Crippen molar-refractivity contribution < 1.29 is 24.3 Å². The van der Waals surface area contributed by atoms with Crippen molar-refractivity contribution in [2.45, 2.75) is 44.2 Å². The van der Waals surface area contributed by atoms with E-state index < -0.39 is 18.0 Å². The molecule has 4 N–H and O–H groups in total. The molecule has 2 aliphatic heterocycles. The van der Waals surface area contributed by atoms with Gasteiger partial charge in [0.1, 0.15) is 11.8 Å². The van der Waals surface area contributed by atoms with Crippen LogP contribution in [-0.4, -0.2) is 65.1 Å². The van der Waals surface area contributed by atoms with E-state index in [1.165, 1.54) is 17.0 Å². The lowest BCUT2D eigenvalue weighted by atomic mass is 9.92. The molecule has 1 aromatic carbocycles. The molecule has 0 bridgehead atoms. The fraction of sp³-hybridized carbons (Fsp3) is 0.545. The summed E-state index contributed by atoms with van der Waals surface area (Å²) in [5.41, 5.74) is 0.719. The van der Waals surface area contributed by atoms with Crippen LogP contribution in [0.1, 0.15) is 43.7 Å². The molecule has 0 saturated carbocycles. The Balaban J connectivity index is 1.55. The number of phenolic OH excluding ortho intramolecular Hbond substituents is 1. The van der Waals surface area contributed by atoms with E-state index in [-0.39, 0.29) is 48.1 Å². The van der Waals surface area contributed by atoms with Gasteiger partial charge in [0.15, 0.2) is 0 Å². The highest BCUT2D eigenvalue weighted by atomic mass is 32.1. The molecular formula is C22H30N4O5S. The maximum absolute atomic E-state index is 13.0. The zero-order valence-corrected chi connectivity index (χ0v) is 18.8. The van der Waals surface area contributed by atoms with Crippen LogP contribution in [-0.2, 0) is 19.2 Å². The van der Waals surface area contributed by atoms with Gasteiger partial charge in [-0.15, -0.1) is 0 Å². The number of carbonyl (C=O) groups excluding carboxylic acids is 4. The maximum Gasteiger partial charge on any atom is 0.243 e. The summed E-state index contributed by atoms with van der Waals surface area (Å²) in [5.74, 6) is -0.986. The molecule has 0 radical (unpaired) electrons. The van der Waals surface area contributed by atoms with Crippen molar-refractivity contribution in [1.29, 1.82) is 0 Å². The van der Waals surface area contributed by atoms with Gasteiger partial charge in [0.2, 0.25) is 23.6 Å². The number of rotatable bonds is 10. The molecule has 4 amide bonds. The largest absolute Gasteiger partial charge is 0.508 e. The smallest absolute Gasteiger partial charge is 0.243 e. The summed E-state index contributed by atoms with van der Waals surface area (Å²) in [4.78, 5) is 50.6. The number of unbranched alkanes of at least 4 members (excludes halogenated alkanes) is 3. The van der Waals surface area contributed by atoms with Crippen LogP contribution in [0.2, 0.25) is 0 Å². The lowest BCUT2D eigenvalue weighted by Crippen LogP contribution is -2.56. The van der Waals surface area contributed by atoms with Crippen molar-refractivity contribution in [3.8, 4) is 5.75 Å². The number of piperazine rings is 1. The lowest BCUT2D eigenvalue weighted by Gasteiger charge is -2.34. The molecule has 2 saturated heterocycles. The number of phenols is 1. The van der Waals surface area contributed by atoms with Crippen LogP contribution in [0.5, 0.6) is 5.75 Å². The van der Waals surface area contributed by atoms with Crippen LogP contribution < -0.4 is 16.0 Å². The minimum atomic E-state index is -0.668. The van der Waals surface area contributed by atoms with E-state index in [9.17, 15) is 24.3 Å². The Hall–Kier alpha value is -2.75. The maximum atomic E-state index is 13.0. The van der Waals surface area contributed by atoms with E-state index in [1.54, 1.807) is 12.1 Å². The zero-order chi connectivity index (χ0) is 23.1. The number of carbonyl (C=O) groups is 4. The van der Waals surface area contributed by atoms with Gasteiger partial charge in [-0.3, -0.25) is 19.2 Å². The van der Waals surface area contributed by atoms with E-state index >= 15 is 0 Å². The minimum Gasteiger partial charge on any atom is -0.508 e. The number of benzene rings is 1. The molecule has 0 aliphatic carbocycles. The minimum absolute atomic E-state index is 0.0767. The predicted molar refractivity (Wildman–Crippen MR) is 121 cm³/mol. The number of nitrogens with zero attached hydrogens (tertiary/aromatic N) is 1. The fourth-order valence-corrected chi connectivity index (χ4v) is 4.46. The van der Waals surface area contributed by atoms with Gasteiger partial charge < -0.3 is 26.0 Å². The first-order chi connectivity index (χ1) is 15.4. The monoisotopic (exact) mass is 462 g/mol. The van der Waals surface area contributed by atoms with Crippen molar-refractivity contribution >= 4 is 36.3 Å². The number of nitrogens with one attached hydrogen (secondary N) is 3. The van der Waals surface area contributed by atoms with E-state index in [0.717, 1.165) is 31.2 Å². The molecule has 3 rings (SSSR count). The van der Waals surface area contributed by atoms with Crippen molar-refractivity contribution in [3.63, 3.8) is 0 Å². The van der Waals surface area contributed by atoms with Gasteiger partial charge >= 0.3 is 0 Å². The SMILES string of the molecule is O=C(CS)NCCCCCCNC(=O)[C@H]1C[C@H]2C(=O)NCC(=O)N2[C@H]1c1ccc(O)cc1. The third kappa shape index (κ3) is 5.73. The lowest BCUT2D eigenvalue weighted by molar-refractivity contribution is -0.145. The van der Waals surface area contributed by atoms with Crippen LogP contribution in [0, 0.1) is 5.92 Å². The van der Waals surface area contributed by atoms with Crippen molar-refractivity contribution in [2.24, 2.45) is 5.92 Å². The van der Waals surface area contributed by atoms with E-state index in [0.29, 0.717) is 13.1 Å². The topological polar surface area (TPSA) is 128 Å². The molecule has 2 heterocycles. The van der Waals surface area contributed by atoms with Gasteiger partial charge in [0.05, 0.1) is 24.3 Å². The Bertz CT molecular complexity index is 847. The number of amides is 4. The first-order valence-electron chi connectivity index (χ1n) is 11.0. The summed E-state index contributed by atoms with van der Waals surface area (Å²) in [5, 5.41) is 17.9. The van der Waals surface area contributed by atoms with Crippen molar-refractivity contribution in [2.75, 3.05) is 25.4 Å². The van der Waals surface area contributed by atoms with Crippen LogP contribution in [0.15, 0.2) is 24.3 Å². The molecule has 0 unspecified atom stereocenters. The Labute approximate surface area is 192 Å². The molecule has 174 valence electrons. The fourth-order valence-electron chi connectivity index (χ4n) is 4.35. The first kappa shape index (κ1) is 23.9. The number of hydrogen-bond donors (Lipinski definition) is 5. The Kier molecular flexibility index (Phi) is 8.38. The summed E-state index contributed by atoms with van der Waals surface area (Å²) in [6.45, 7) is 1.05. The second kappa shape index (κ2) is 11.2. The van der Waals surface area contributed by atoms with Gasteiger partial charge in [-0.2, -0.15) is 12.6 Å². The highest BCUT2D eigenvalue weighted by Gasteiger charge is 2.51. The summed E-state index contributed by atoms with van der Waals surface area (Å²) in [6, 6.07) is 5.20. The van der Waals surface area contributed by atoms with Crippen LogP contribution in [0.3, 0.4) is 0 Å². The standard InChI is InChI=1S/C22H30N4O5S/c27-15-7-5-14(6-8-15)20-16(11-17-22(31)25-12-19(29)26(17)20)21(30)24-10-4-2-1-3-9-23-18(28)13-32/h5-8,16-17,20,27,32H,1-4,9-13H2,(H,23,28)(H,24,30)(H,25,31)/t16-,17-,20-/m0/s1. The van der Waals surface area contributed by atoms with Gasteiger partial charge in [-0.1, -0.05) is 25.0 Å². The average molecular weight is 463 g/mol. The summed E-state index contributed by atoms with van der Waals surface area (Å²) >= 11 is 3.91. The second-order valence-corrected chi connectivity index (χ2v) is 8.44. The van der Waals surface area contributed by atoms with E-state index in [4.69, 9.17) is 0 Å². The molecule has 3 atom stereocenters. The molecule has 32 heavy (non-hydrogen) atoms. The Morgan fingerprint density at radius 2 is 1.72 bits per heavy atom. The predicted octanol–water partition coefficient (Wildman–Crippen LogP) is 0.503. The van der Waals surface area contributed by atoms with Gasteiger partial charge in [-0.05, 0) is 37.0 Å². The molecule has 0 spiro atoms. The molecule has 2 aliphatic rings. The van der Waals surface area contributed by atoms with Crippen molar-refractivity contribution in [1.82, 2.24) is 20.9 Å². The second-order valence-electron chi connectivity index (χ2n) is 8.13. The zero-order valence-electron chi connectivity index (χ0n) is 17.9. The highest BCUT2D eigenvalue weighted by Crippen LogP contribution is 2.42. The number of thiol groups is 1. The quantitative estimate of drug-likeness (QED) is 0.256. The molecule has 1 aromatic rings. The number of fused-ring (bicyclic) bond motifs is 1. The Morgan fingerprint density at radius 1 is 1.06 bits per heavy atom. The van der Waals surface area contributed by atoms with Crippen molar-refractivity contribution in [3.05, 3.63) is 29.8 Å². The summed E-state index contributed by atoms with van der Waals surface area (Å²) in [7, 11) is 0. The third-order valence-electron chi connectivity index (χ3n) is 5.94. The van der Waals surface area contributed by atoms with Crippen LogP contribution >= 0.6 is 12.6 Å². The molecule has 9 nitrogen and oxygen atoms in total. The molecular weight excluding hydrogens is 432 g/mol. The normalized spacial score (nSPS) is 22.3.